The van der Waals surface area contributed by atoms with Crippen molar-refractivity contribution in [3.63, 3.8) is 0 Å². The molecular formula is C23H22ClN8O6S2+. The Morgan fingerprint density at radius 3 is 2.92 bits per heavy atom. The third-order valence-corrected chi connectivity index (χ3v) is 8.65. The van der Waals surface area contributed by atoms with Gasteiger partial charge in [0.05, 0.1) is 11.8 Å². The molecule has 2 unspecified atom stereocenters. The molecule has 40 heavy (non-hydrogen) atoms. The average Bonchev–Trinajstić information content (AvgIpc) is 3.47. The average molecular weight is 606 g/mol. The predicted octanol–water partition coefficient (Wildman–Crippen LogP) is 0.477. The smallest absolute Gasteiger partial charge is 0.347 e. The van der Waals surface area contributed by atoms with E-state index in [9.17, 15) is 19.2 Å². The van der Waals surface area contributed by atoms with E-state index in [1.54, 1.807) is 6.07 Å². The fourth-order valence-corrected chi connectivity index (χ4v) is 6.56. The van der Waals surface area contributed by atoms with Crippen molar-refractivity contribution in [1.82, 2.24) is 20.2 Å². The van der Waals surface area contributed by atoms with E-state index in [2.05, 4.69) is 20.4 Å². The molecule has 5 heterocycles. The van der Waals surface area contributed by atoms with Gasteiger partial charge in [-0.25, -0.2) is 9.78 Å². The molecule has 0 aliphatic carbocycles. The number of hydrogen-bond acceptors (Lipinski definition) is 11. The van der Waals surface area contributed by atoms with E-state index in [-0.39, 0.29) is 20.9 Å². The van der Waals surface area contributed by atoms with Gasteiger partial charge in [-0.2, -0.15) is 4.57 Å². The second-order valence-electron chi connectivity index (χ2n) is 8.83. The first kappa shape index (κ1) is 27.4. The third-order valence-electron chi connectivity index (χ3n) is 6.23. The number of aldehydes is 1. The summed E-state index contributed by atoms with van der Waals surface area (Å²) in [5.41, 5.74) is 13.7. The van der Waals surface area contributed by atoms with Gasteiger partial charge in [0.1, 0.15) is 32.8 Å². The number of thioether (sulfide) groups is 1. The number of carbonyl (C=O) groups excluding carboxylic acids is 3. The number of carboxylic acids is 1. The molecule has 5 rings (SSSR count). The van der Waals surface area contributed by atoms with Crippen LogP contribution in [-0.2, 0) is 30.6 Å². The quantitative estimate of drug-likeness (QED) is 0.0748. The Labute approximate surface area is 239 Å². The van der Waals surface area contributed by atoms with Crippen molar-refractivity contribution in [3.05, 3.63) is 45.7 Å². The molecule has 2 aliphatic heterocycles. The number of nitrogens with two attached hydrogens (primary N) is 2. The maximum absolute atomic E-state index is 13.2. The van der Waals surface area contributed by atoms with Crippen LogP contribution in [0.2, 0.25) is 4.34 Å². The lowest BCUT2D eigenvalue weighted by atomic mass is 10.0. The summed E-state index contributed by atoms with van der Waals surface area (Å²) in [6.45, 7) is 1.57. The number of anilines is 2. The summed E-state index contributed by atoms with van der Waals surface area (Å²) in [7, 11) is 0. The first-order valence-corrected chi connectivity index (χ1v) is 13.9. The Morgan fingerprint density at radius 2 is 2.25 bits per heavy atom. The van der Waals surface area contributed by atoms with Crippen LogP contribution in [0, 0.1) is 0 Å². The van der Waals surface area contributed by atoms with Gasteiger partial charge in [-0.05, 0) is 13.0 Å². The summed E-state index contributed by atoms with van der Waals surface area (Å²) in [5.74, 6) is -1.76. The van der Waals surface area contributed by atoms with Crippen molar-refractivity contribution in [2.24, 2.45) is 5.16 Å². The largest absolute Gasteiger partial charge is 0.478 e. The molecular weight excluding hydrogens is 584 g/mol. The van der Waals surface area contributed by atoms with E-state index in [0.717, 1.165) is 27.9 Å². The zero-order valence-electron chi connectivity index (χ0n) is 20.7. The van der Waals surface area contributed by atoms with Crippen LogP contribution >= 0.6 is 34.7 Å². The molecule has 1 saturated heterocycles. The Morgan fingerprint density at radius 1 is 1.48 bits per heavy atom. The van der Waals surface area contributed by atoms with Gasteiger partial charge in [-0.1, -0.05) is 28.1 Å². The number of aromatic nitrogens is 3. The summed E-state index contributed by atoms with van der Waals surface area (Å²) >= 11 is 8.42. The molecule has 17 heteroatoms. The maximum atomic E-state index is 13.2. The highest BCUT2D eigenvalue weighted by Gasteiger charge is 2.53. The van der Waals surface area contributed by atoms with Crippen LogP contribution in [0.5, 0.6) is 0 Å². The van der Waals surface area contributed by atoms with Gasteiger partial charge in [-0.3, -0.25) is 19.3 Å². The number of aliphatic carboxylic acids is 1. The molecule has 7 N–H and O–H groups in total. The second kappa shape index (κ2) is 10.8. The number of oxime groups is 1. The number of nitrogen functional groups attached to an aromatic ring is 2. The molecule has 2 amide bonds. The molecule has 3 aromatic rings. The number of thiazole rings is 1. The second-order valence-corrected chi connectivity index (χ2v) is 11.6. The Bertz CT molecular complexity index is 1620. The van der Waals surface area contributed by atoms with Crippen molar-refractivity contribution in [2.45, 2.75) is 31.0 Å². The molecule has 0 radical (unpaired) electrons. The molecule has 2 aliphatic rings. The summed E-state index contributed by atoms with van der Waals surface area (Å²) in [6.07, 6.45) is 1.11. The van der Waals surface area contributed by atoms with Gasteiger partial charge in [-0.15, -0.1) is 11.8 Å². The van der Waals surface area contributed by atoms with Crippen LogP contribution in [0.1, 0.15) is 12.6 Å². The predicted molar refractivity (Wildman–Crippen MR) is 147 cm³/mol. The first-order valence-electron chi connectivity index (χ1n) is 11.7. The van der Waals surface area contributed by atoms with Gasteiger partial charge < -0.3 is 31.7 Å². The number of allylic oxidation sites excluding steroid dienone is 1. The van der Waals surface area contributed by atoms with Crippen molar-refractivity contribution in [1.29, 1.82) is 0 Å². The molecule has 3 aromatic heterocycles. The summed E-state index contributed by atoms with van der Waals surface area (Å²) < 4.78 is 1.95. The van der Waals surface area contributed by atoms with Crippen LogP contribution < -0.4 is 21.4 Å². The van der Waals surface area contributed by atoms with Crippen molar-refractivity contribution in [2.75, 3.05) is 17.2 Å². The number of hydrogen-bond donors (Lipinski definition) is 5. The number of H-pyrrole nitrogens is 1. The summed E-state index contributed by atoms with van der Waals surface area (Å²) in [4.78, 5) is 63.0. The van der Waals surface area contributed by atoms with Crippen LogP contribution in [0.15, 0.2) is 40.8 Å². The van der Waals surface area contributed by atoms with Crippen LogP contribution in [0.3, 0.4) is 0 Å². The SMILES string of the molecule is C[C@H](O/N=C(\C(=O)NC1C(=O)N2C(C=O)=C(C[n+]3cccc4[nH]c(N)cc43)CSC12)c1nc(N)sc1Cl)C(=O)O. The number of aromatic amines is 1. The van der Waals surface area contributed by atoms with Crippen molar-refractivity contribution >= 4 is 86.5 Å². The van der Waals surface area contributed by atoms with E-state index in [0.29, 0.717) is 24.4 Å². The van der Waals surface area contributed by atoms with E-state index in [1.807, 2.05) is 22.9 Å². The van der Waals surface area contributed by atoms with Gasteiger partial charge in [0, 0.05) is 17.4 Å². The molecule has 0 bridgehead atoms. The fourth-order valence-electron chi connectivity index (χ4n) is 4.27. The zero-order valence-corrected chi connectivity index (χ0v) is 23.0. The number of carboxylic acid groups (broad SMARTS) is 1. The number of halogens is 1. The standard InChI is InChI=1S/C23H21ClN8O6S2/c1-9(22(36)37)38-30-16(15-18(24)40-23(26)29-15)19(34)28-17-20(35)32-13(7-33)10(8-39-21(17)32)6-31-4-2-3-11-12(31)5-14(25)27-11/h2-5,7,9,17,21H,6,8H2,1H3,(H6,25,26,27,28,29,34,36,37)/p+1/b30-16-/t9-,17?,21?/m0/s1. The van der Waals surface area contributed by atoms with Gasteiger partial charge >= 0.3 is 5.97 Å². The number of nitrogens with one attached hydrogen (secondary N) is 2. The maximum Gasteiger partial charge on any atom is 0.347 e. The number of amides is 2. The van der Waals surface area contributed by atoms with E-state index >= 15 is 0 Å². The highest BCUT2D eigenvalue weighted by molar-refractivity contribution is 8.00. The van der Waals surface area contributed by atoms with Crippen LogP contribution in [0.25, 0.3) is 11.0 Å². The van der Waals surface area contributed by atoms with Gasteiger partial charge in [0.25, 0.3) is 11.8 Å². The molecule has 208 valence electrons. The monoisotopic (exact) mass is 605 g/mol. The highest BCUT2D eigenvalue weighted by atomic mass is 35.5. The molecule has 3 atom stereocenters. The minimum absolute atomic E-state index is 0.0269. The lowest BCUT2D eigenvalue weighted by molar-refractivity contribution is -0.663. The zero-order chi connectivity index (χ0) is 28.7. The number of β-lactam (4-membered cyclic amide) rings is 1. The summed E-state index contributed by atoms with van der Waals surface area (Å²) in [6, 6.07) is 4.53. The lowest BCUT2D eigenvalue weighted by Crippen LogP contribution is -2.70. The third kappa shape index (κ3) is 4.96. The first-order chi connectivity index (χ1) is 19.1. The minimum atomic E-state index is -1.38. The fraction of sp³-hybridized carbons (Fsp3) is 0.261. The lowest BCUT2D eigenvalue weighted by Gasteiger charge is -2.49. The van der Waals surface area contributed by atoms with E-state index in [1.165, 1.54) is 23.6 Å². The highest BCUT2D eigenvalue weighted by Crippen LogP contribution is 2.40. The van der Waals surface area contributed by atoms with Crippen LogP contribution in [0.4, 0.5) is 10.9 Å². The number of rotatable bonds is 9. The molecule has 14 nitrogen and oxygen atoms in total. The van der Waals surface area contributed by atoms with Gasteiger partial charge in [0.15, 0.2) is 29.9 Å². The minimum Gasteiger partial charge on any atom is -0.478 e. The summed E-state index contributed by atoms with van der Waals surface area (Å²) in [5, 5.41) is 14.8. The number of nitrogens with zero attached hydrogens (tertiary/aromatic N) is 4. The number of carbonyl (C=O) groups is 4. The Kier molecular flexibility index (Phi) is 7.39. The number of fused-ring (bicyclic) bond motifs is 2. The van der Waals surface area contributed by atoms with E-state index < -0.39 is 41.0 Å². The Balaban J connectivity index is 1.36. The topological polar surface area (TPSA) is 210 Å². The van der Waals surface area contributed by atoms with Crippen molar-refractivity contribution in [3.8, 4) is 0 Å². The molecule has 1 fully saturated rings. The normalized spacial score (nSPS) is 19.7. The van der Waals surface area contributed by atoms with E-state index in [4.69, 9.17) is 33.0 Å². The van der Waals surface area contributed by atoms with Crippen LogP contribution in [-0.4, -0.2) is 73.0 Å². The van der Waals surface area contributed by atoms with Crippen molar-refractivity contribution < 1.29 is 33.7 Å². The molecule has 0 saturated carbocycles. The molecule has 0 spiro atoms. The Hall–Kier alpha value is -4.15. The van der Waals surface area contributed by atoms with Gasteiger partial charge in [0.2, 0.25) is 11.6 Å². The number of pyridine rings is 1. The molecule has 0 aromatic carbocycles.